The lowest BCUT2D eigenvalue weighted by molar-refractivity contribution is 0.536. The zero-order chi connectivity index (χ0) is 11.3. The molecule has 0 spiro atoms. The van der Waals surface area contributed by atoms with Crippen LogP contribution in [0.4, 0.5) is 0 Å². The Labute approximate surface area is 93.9 Å². The van der Waals surface area contributed by atoms with E-state index in [9.17, 15) is 0 Å². The Bertz CT molecular complexity index is 284. The van der Waals surface area contributed by atoms with Crippen LogP contribution in [0.1, 0.15) is 37.0 Å². The summed E-state index contributed by atoms with van der Waals surface area (Å²) in [6.07, 6.45) is 2.34. The van der Waals surface area contributed by atoms with Crippen LogP contribution in [0.5, 0.6) is 0 Å². The molecule has 1 heteroatoms. The first-order valence-electron chi connectivity index (χ1n) is 5.93. The van der Waals surface area contributed by atoms with Crippen LogP contribution in [-0.4, -0.2) is 12.6 Å². The lowest BCUT2D eigenvalue weighted by Crippen LogP contribution is -2.27. The molecule has 84 valence electrons. The maximum Gasteiger partial charge on any atom is 0.00362 e. The van der Waals surface area contributed by atoms with Gasteiger partial charge in [0.1, 0.15) is 0 Å². The van der Waals surface area contributed by atoms with Gasteiger partial charge in [-0.25, -0.2) is 0 Å². The van der Waals surface area contributed by atoms with Gasteiger partial charge in [-0.3, -0.25) is 0 Å². The fraction of sp³-hybridized carbons (Fsp3) is 0.571. The highest BCUT2D eigenvalue weighted by atomic mass is 14.9. The van der Waals surface area contributed by atoms with E-state index in [2.05, 4.69) is 51.2 Å². The third kappa shape index (κ3) is 3.67. The summed E-state index contributed by atoms with van der Waals surface area (Å²) >= 11 is 0. The van der Waals surface area contributed by atoms with E-state index in [-0.39, 0.29) is 0 Å². The summed E-state index contributed by atoms with van der Waals surface area (Å²) in [4.78, 5) is 0. The second-order valence-electron chi connectivity index (χ2n) is 4.38. The molecule has 0 radical (unpaired) electrons. The quantitative estimate of drug-likeness (QED) is 0.778. The molecular weight excluding hydrogens is 182 g/mol. The van der Waals surface area contributed by atoms with E-state index >= 15 is 0 Å². The first-order chi connectivity index (χ1) is 7.15. The van der Waals surface area contributed by atoms with Crippen molar-refractivity contribution < 1.29 is 0 Å². The van der Waals surface area contributed by atoms with Crippen molar-refractivity contribution in [2.24, 2.45) is 0 Å². The van der Waals surface area contributed by atoms with Gasteiger partial charge in [0, 0.05) is 6.04 Å². The molecule has 0 saturated carbocycles. The summed E-state index contributed by atoms with van der Waals surface area (Å²) in [6, 6.07) is 7.17. The van der Waals surface area contributed by atoms with Crippen molar-refractivity contribution in [2.75, 3.05) is 6.54 Å². The minimum atomic E-state index is 0.634. The molecule has 1 unspecified atom stereocenters. The van der Waals surface area contributed by atoms with Crippen molar-refractivity contribution >= 4 is 0 Å². The average Bonchev–Trinajstić information content (AvgIpc) is 2.22. The normalized spacial score (nSPS) is 12.8. The molecule has 1 nitrogen and oxygen atoms in total. The van der Waals surface area contributed by atoms with Gasteiger partial charge < -0.3 is 5.32 Å². The molecule has 1 N–H and O–H groups in total. The maximum atomic E-state index is 3.54. The van der Waals surface area contributed by atoms with Crippen LogP contribution in [0.25, 0.3) is 0 Å². The largest absolute Gasteiger partial charge is 0.314 e. The van der Waals surface area contributed by atoms with Gasteiger partial charge in [0.15, 0.2) is 0 Å². The van der Waals surface area contributed by atoms with Crippen LogP contribution in [0, 0.1) is 13.8 Å². The smallest absolute Gasteiger partial charge is 0.00362 e. The van der Waals surface area contributed by atoms with Gasteiger partial charge in [0.05, 0.1) is 0 Å². The van der Waals surface area contributed by atoms with Gasteiger partial charge in [-0.2, -0.15) is 0 Å². The van der Waals surface area contributed by atoms with E-state index in [4.69, 9.17) is 0 Å². The Balaban J connectivity index is 2.50. The van der Waals surface area contributed by atoms with Gasteiger partial charge in [-0.05, 0) is 56.8 Å². The number of hydrogen-bond acceptors (Lipinski definition) is 1. The SMILES string of the molecule is CCC(C)NCCc1c(C)cccc1C. The van der Waals surface area contributed by atoms with E-state index in [1.54, 1.807) is 0 Å². The van der Waals surface area contributed by atoms with Crippen LogP contribution in [0.2, 0.25) is 0 Å². The fourth-order valence-electron chi connectivity index (χ4n) is 1.83. The molecule has 1 aromatic carbocycles. The number of aryl methyl sites for hydroxylation is 2. The third-order valence-corrected chi connectivity index (χ3v) is 3.12. The summed E-state index contributed by atoms with van der Waals surface area (Å²) in [5.41, 5.74) is 4.34. The number of rotatable bonds is 5. The molecule has 0 aromatic heterocycles. The summed E-state index contributed by atoms with van der Waals surface area (Å²) in [5, 5.41) is 3.54. The molecular formula is C14H23N. The second kappa shape index (κ2) is 5.92. The van der Waals surface area contributed by atoms with Crippen LogP contribution in [-0.2, 0) is 6.42 Å². The average molecular weight is 205 g/mol. The molecule has 0 aliphatic rings. The van der Waals surface area contributed by atoms with Gasteiger partial charge >= 0.3 is 0 Å². The van der Waals surface area contributed by atoms with Gasteiger partial charge in [-0.1, -0.05) is 25.1 Å². The monoisotopic (exact) mass is 205 g/mol. The third-order valence-electron chi connectivity index (χ3n) is 3.12. The van der Waals surface area contributed by atoms with Gasteiger partial charge in [-0.15, -0.1) is 0 Å². The molecule has 0 fully saturated rings. The zero-order valence-electron chi connectivity index (χ0n) is 10.4. The number of nitrogens with one attached hydrogen (secondary N) is 1. The van der Waals surface area contributed by atoms with E-state index < -0.39 is 0 Å². The van der Waals surface area contributed by atoms with Crippen LogP contribution < -0.4 is 5.32 Å². The Kier molecular flexibility index (Phi) is 4.83. The number of hydrogen-bond donors (Lipinski definition) is 1. The summed E-state index contributed by atoms with van der Waals surface area (Å²) in [6.45, 7) is 9.94. The van der Waals surface area contributed by atoms with E-state index in [1.165, 1.54) is 23.1 Å². The Hall–Kier alpha value is -0.820. The summed E-state index contributed by atoms with van der Waals surface area (Å²) in [7, 11) is 0. The van der Waals surface area contributed by atoms with Crippen LogP contribution >= 0.6 is 0 Å². The summed E-state index contributed by atoms with van der Waals surface area (Å²) in [5.74, 6) is 0. The Morgan fingerprint density at radius 3 is 2.33 bits per heavy atom. The fourth-order valence-corrected chi connectivity index (χ4v) is 1.83. The van der Waals surface area contributed by atoms with Crippen molar-refractivity contribution in [3.8, 4) is 0 Å². The molecule has 0 saturated heterocycles. The van der Waals surface area contributed by atoms with Gasteiger partial charge in [0.2, 0.25) is 0 Å². The molecule has 0 bridgehead atoms. The molecule has 0 amide bonds. The lowest BCUT2D eigenvalue weighted by Gasteiger charge is -2.13. The van der Waals surface area contributed by atoms with E-state index in [0.29, 0.717) is 6.04 Å². The van der Waals surface area contributed by atoms with E-state index in [1.807, 2.05) is 0 Å². The Morgan fingerprint density at radius 2 is 1.80 bits per heavy atom. The highest BCUT2D eigenvalue weighted by Crippen LogP contribution is 2.13. The highest BCUT2D eigenvalue weighted by Gasteiger charge is 2.02. The van der Waals surface area contributed by atoms with Crippen molar-refractivity contribution in [3.63, 3.8) is 0 Å². The molecule has 1 atom stereocenters. The predicted molar refractivity (Wildman–Crippen MR) is 67.4 cm³/mol. The van der Waals surface area contributed by atoms with Crippen LogP contribution in [0.15, 0.2) is 18.2 Å². The number of benzene rings is 1. The zero-order valence-corrected chi connectivity index (χ0v) is 10.4. The van der Waals surface area contributed by atoms with Crippen molar-refractivity contribution in [3.05, 3.63) is 34.9 Å². The minimum Gasteiger partial charge on any atom is -0.314 e. The van der Waals surface area contributed by atoms with Crippen molar-refractivity contribution in [1.29, 1.82) is 0 Å². The molecule has 1 rings (SSSR count). The standard InChI is InChI=1S/C14H23N/c1-5-13(4)15-10-9-14-11(2)7-6-8-12(14)3/h6-8,13,15H,5,9-10H2,1-4H3. The van der Waals surface area contributed by atoms with Crippen molar-refractivity contribution in [2.45, 2.75) is 46.6 Å². The van der Waals surface area contributed by atoms with E-state index in [0.717, 1.165) is 13.0 Å². The molecule has 1 aromatic rings. The highest BCUT2D eigenvalue weighted by molar-refractivity contribution is 5.33. The predicted octanol–water partition coefficient (Wildman–Crippen LogP) is 3.23. The first-order valence-corrected chi connectivity index (χ1v) is 5.93. The Morgan fingerprint density at radius 1 is 1.20 bits per heavy atom. The first kappa shape index (κ1) is 12.3. The van der Waals surface area contributed by atoms with Gasteiger partial charge in [0.25, 0.3) is 0 Å². The second-order valence-corrected chi connectivity index (χ2v) is 4.38. The molecule has 15 heavy (non-hydrogen) atoms. The topological polar surface area (TPSA) is 12.0 Å². The summed E-state index contributed by atoms with van der Waals surface area (Å²) < 4.78 is 0. The lowest BCUT2D eigenvalue weighted by atomic mass is 10.00. The molecule has 0 aliphatic carbocycles. The minimum absolute atomic E-state index is 0.634. The van der Waals surface area contributed by atoms with Crippen molar-refractivity contribution in [1.82, 2.24) is 5.32 Å². The maximum absolute atomic E-state index is 3.54. The molecule has 0 aliphatic heterocycles. The van der Waals surface area contributed by atoms with Crippen LogP contribution in [0.3, 0.4) is 0 Å². The molecule has 0 heterocycles.